The molecule has 0 atom stereocenters. The summed E-state index contributed by atoms with van der Waals surface area (Å²) in [5.74, 6) is 1.03. The van der Waals surface area contributed by atoms with E-state index in [2.05, 4.69) is 33.1 Å². The predicted molar refractivity (Wildman–Crippen MR) is 133 cm³/mol. The minimum atomic E-state index is -0.263. The van der Waals surface area contributed by atoms with E-state index in [1.165, 1.54) is 16.9 Å². The molecule has 2 heterocycles. The molecule has 4 rings (SSSR count). The highest BCUT2D eigenvalue weighted by molar-refractivity contribution is 7.71. The fourth-order valence-electron chi connectivity index (χ4n) is 3.31. The van der Waals surface area contributed by atoms with E-state index in [1.807, 2.05) is 42.7 Å². The smallest absolute Gasteiger partial charge is 0.257 e. The first kappa shape index (κ1) is 22.6. The van der Waals surface area contributed by atoms with Crippen LogP contribution >= 0.6 is 23.6 Å². The molecule has 0 spiro atoms. The highest BCUT2D eigenvalue weighted by atomic mass is 32.1. The lowest BCUT2D eigenvalue weighted by Gasteiger charge is -2.08. The third-order valence-electron chi connectivity index (χ3n) is 4.87. The van der Waals surface area contributed by atoms with Crippen LogP contribution in [0.3, 0.4) is 0 Å². The van der Waals surface area contributed by atoms with Crippen LogP contribution in [0.25, 0.3) is 10.7 Å². The molecule has 0 aliphatic rings. The zero-order valence-corrected chi connectivity index (χ0v) is 19.9. The number of carbonyl (C=O) groups is 1. The van der Waals surface area contributed by atoms with Gasteiger partial charge in [0.1, 0.15) is 12.4 Å². The van der Waals surface area contributed by atoms with Gasteiger partial charge in [0.2, 0.25) is 0 Å². The van der Waals surface area contributed by atoms with Gasteiger partial charge in [-0.25, -0.2) is 4.98 Å². The van der Waals surface area contributed by atoms with E-state index in [4.69, 9.17) is 17.0 Å². The second-order valence-corrected chi connectivity index (χ2v) is 8.83. The number of hydrogen-bond acceptors (Lipinski definition) is 6. The molecule has 2 aromatic heterocycles. The Morgan fingerprint density at radius 1 is 1.27 bits per heavy atom. The van der Waals surface area contributed by atoms with Crippen molar-refractivity contribution in [2.75, 3.05) is 5.32 Å². The molecule has 4 aromatic rings. The van der Waals surface area contributed by atoms with E-state index in [1.54, 1.807) is 24.3 Å². The summed E-state index contributed by atoms with van der Waals surface area (Å²) in [6, 6.07) is 15.2. The third-order valence-corrected chi connectivity index (χ3v) is 6.25. The predicted octanol–water partition coefficient (Wildman–Crippen LogP) is 5.70. The number of H-pyrrole nitrogens is 1. The maximum absolute atomic E-state index is 12.9. The maximum atomic E-state index is 12.9. The second kappa shape index (κ2) is 9.93. The molecule has 0 aliphatic carbocycles. The average molecular weight is 478 g/mol. The number of hydrogen-bond donors (Lipinski definition) is 2. The van der Waals surface area contributed by atoms with Crippen molar-refractivity contribution in [2.24, 2.45) is 0 Å². The van der Waals surface area contributed by atoms with Crippen LogP contribution in [0, 0.1) is 18.6 Å². The summed E-state index contributed by atoms with van der Waals surface area (Å²) in [6.07, 6.45) is 1.75. The van der Waals surface area contributed by atoms with Crippen molar-refractivity contribution in [1.82, 2.24) is 19.7 Å². The van der Waals surface area contributed by atoms with Crippen LogP contribution in [0.4, 0.5) is 5.13 Å². The number of allylic oxidation sites excluding steroid dienone is 1. The molecule has 168 valence electrons. The van der Waals surface area contributed by atoms with Gasteiger partial charge in [-0.3, -0.25) is 19.8 Å². The Kier molecular flexibility index (Phi) is 6.81. The Labute approximate surface area is 200 Å². The normalized spacial score (nSPS) is 10.7. The Balaban J connectivity index is 1.48. The van der Waals surface area contributed by atoms with Crippen LogP contribution in [0.2, 0.25) is 0 Å². The molecular formula is C24H23N5O2S2. The van der Waals surface area contributed by atoms with Gasteiger partial charge in [-0.2, -0.15) is 5.10 Å². The number of ether oxygens (including phenoxy) is 1. The SMILES string of the molecule is C=CCn1c(-c2sc(NC(=O)c3cccc(OCc4cccc(C)c4)c3)nc2C)n[nH]c1=S. The summed E-state index contributed by atoms with van der Waals surface area (Å²) >= 11 is 6.64. The number of nitrogens with zero attached hydrogens (tertiary/aromatic N) is 3. The second-order valence-electron chi connectivity index (χ2n) is 7.44. The summed E-state index contributed by atoms with van der Waals surface area (Å²) < 4.78 is 8.22. The summed E-state index contributed by atoms with van der Waals surface area (Å²) in [7, 11) is 0. The van der Waals surface area contributed by atoms with E-state index in [-0.39, 0.29) is 5.91 Å². The maximum Gasteiger partial charge on any atom is 0.257 e. The monoisotopic (exact) mass is 477 g/mol. The third kappa shape index (κ3) is 5.27. The number of anilines is 1. The number of rotatable bonds is 8. The van der Waals surface area contributed by atoms with Gasteiger partial charge in [0.25, 0.3) is 5.91 Å². The lowest BCUT2D eigenvalue weighted by molar-refractivity contribution is 0.102. The molecule has 0 bridgehead atoms. The first-order chi connectivity index (χ1) is 15.9. The topological polar surface area (TPSA) is 84.8 Å². The molecule has 33 heavy (non-hydrogen) atoms. The molecule has 0 saturated carbocycles. The molecule has 9 heteroatoms. The van der Waals surface area contributed by atoms with Crippen molar-refractivity contribution in [3.05, 3.63) is 88.3 Å². The van der Waals surface area contributed by atoms with E-state index in [9.17, 15) is 4.79 Å². The van der Waals surface area contributed by atoms with Gasteiger partial charge in [0.05, 0.1) is 10.6 Å². The minimum absolute atomic E-state index is 0.263. The van der Waals surface area contributed by atoms with Crippen molar-refractivity contribution < 1.29 is 9.53 Å². The highest BCUT2D eigenvalue weighted by Crippen LogP contribution is 2.32. The standard InChI is InChI=1S/C24H23N5O2S2/c1-4-11-29-21(27-28-24(29)32)20-16(3)25-23(33-20)26-22(30)18-9-6-10-19(13-18)31-14-17-8-5-7-15(2)12-17/h4-10,12-13H,1,11,14H2,2-3H3,(H,28,32)(H,25,26,30). The molecule has 0 unspecified atom stereocenters. The number of amides is 1. The highest BCUT2D eigenvalue weighted by Gasteiger charge is 2.18. The van der Waals surface area contributed by atoms with Gasteiger partial charge >= 0.3 is 0 Å². The molecule has 0 saturated heterocycles. The Morgan fingerprint density at radius 3 is 2.88 bits per heavy atom. The molecular weight excluding hydrogens is 454 g/mol. The quantitative estimate of drug-likeness (QED) is 0.251. The van der Waals surface area contributed by atoms with Crippen molar-refractivity contribution >= 4 is 34.6 Å². The van der Waals surface area contributed by atoms with Gasteiger partial charge < -0.3 is 4.74 Å². The van der Waals surface area contributed by atoms with Crippen molar-refractivity contribution in [3.63, 3.8) is 0 Å². The zero-order valence-electron chi connectivity index (χ0n) is 18.3. The molecule has 2 aromatic carbocycles. The van der Waals surface area contributed by atoms with E-state index >= 15 is 0 Å². The van der Waals surface area contributed by atoms with Crippen LogP contribution in [-0.4, -0.2) is 25.7 Å². The van der Waals surface area contributed by atoms with Gasteiger partial charge in [0, 0.05) is 12.1 Å². The zero-order chi connectivity index (χ0) is 23.4. The van der Waals surface area contributed by atoms with E-state index in [0.717, 1.165) is 16.1 Å². The first-order valence-corrected chi connectivity index (χ1v) is 11.5. The summed E-state index contributed by atoms with van der Waals surface area (Å²) in [5.41, 5.74) is 3.49. The lowest BCUT2D eigenvalue weighted by atomic mass is 10.1. The first-order valence-electron chi connectivity index (χ1n) is 10.3. The summed E-state index contributed by atoms with van der Waals surface area (Å²) in [4.78, 5) is 18.2. The summed E-state index contributed by atoms with van der Waals surface area (Å²) in [5, 5.41) is 10.5. The van der Waals surface area contributed by atoms with Crippen LogP contribution in [0.15, 0.2) is 61.2 Å². The van der Waals surface area contributed by atoms with E-state index < -0.39 is 0 Å². The molecule has 0 aliphatic heterocycles. The summed E-state index contributed by atoms with van der Waals surface area (Å²) in [6.45, 7) is 8.64. The van der Waals surface area contributed by atoms with Crippen LogP contribution < -0.4 is 10.1 Å². The average Bonchev–Trinajstić information content (AvgIpc) is 3.34. The number of aromatic nitrogens is 4. The fraction of sp³-hybridized carbons (Fsp3) is 0.167. The Bertz CT molecular complexity index is 1370. The minimum Gasteiger partial charge on any atom is -0.489 e. The molecule has 0 radical (unpaired) electrons. The Hall–Kier alpha value is -3.56. The fourth-order valence-corrected chi connectivity index (χ4v) is 4.48. The number of nitrogens with one attached hydrogen (secondary N) is 2. The number of carbonyl (C=O) groups excluding carboxylic acids is 1. The molecule has 2 N–H and O–H groups in total. The van der Waals surface area contributed by atoms with Crippen molar-refractivity contribution in [1.29, 1.82) is 0 Å². The number of benzene rings is 2. The number of aromatic amines is 1. The van der Waals surface area contributed by atoms with Gasteiger partial charge in [-0.1, -0.05) is 53.3 Å². The van der Waals surface area contributed by atoms with Gasteiger partial charge in [-0.15, -0.1) is 6.58 Å². The van der Waals surface area contributed by atoms with E-state index in [0.29, 0.717) is 40.2 Å². The molecule has 7 nitrogen and oxygen atoms in total. The van der Waals surface area contributed by atoms with Gasteiger partial charge in [-0.05, 0) is 49.8 Å². The largest absolute Gasteiger partial charge is 0.489 e. The van der Waals surface area contributed by atoms with Crippen LogP contribution in [0.5, 0.6) is 5.75 Å². The molecule has 0 fully saturated rings. The van der Waals surface area contributed by atoms with Crippen molar-refractivity contribution in [2.45, 2.75) is 27.0 Å². The van der Waals surface area contributed by atoms with Gasteiger partial charge in [0.15, 0.2) is 15.7 Å². The molecule has 1 amide bonds. The number of aryl methyl sites for hydroxylation is 2. The Morgan fingerprint density at radius 2 is 2.09 bits per heavy atom. The lowest BCUT2D eigenvalue weighted by Crippen LogP contribution is -2.11. The van der Waals surface area contributed by atoms with Crippen LogP contribution in [-0.2, 0) is 13.2 Å². The number of thiazole rings is 1. The van der Waals surface area contributed by atoms with Crippen LogP contribution in [0.1, 0.15) is 27.2 Å². The van der Waals surface area contributed by atoms with Crippen molar-refractivity contribution in [3.8, 4) is 16.5 Å².